The molecular weight excluding hydrogens is 204 g/mol. The molecule has 1 rings (SSSR count). The zero-order valence-electron chi connectivity index (χ0n) is 8.34. The fourth-order valence-corrected chi connectivity index (χ4v) is 1.13. The quantitative estimate of drug-likeness (QED) is 0.809. The van der Waals surface area contributed by atoms with Gasteiger partial charge in [-0.15, -0.1) is 0 Å². The minimum absolute atomic E-state index is 0.0446. The summed E-state index contributed by atoms with van der Waals surface area (Å²) in [7, 11) is 0. The van der Waals surface area contributed by atoms with E-state index in [0.29, 0.717) is 6.61 Å². The lowest BCUT2D eigenvalue weighted by molar-refractivity contribution is 0.00567. The van der Waals surface area contributed by atoms with Crippen molar-refractivity contribution < 1.29 is 18.6 Å². The number of phenolic OH excluding ortho intramolecular Hbond substituents is 1. The molecule has 1 aromatic carbocycles. The predicted molar refractivity (Wildman–Crippen MR) is 52.2 cm³/mol. The monoisotopic (exact) mass is 217 g/mol. The average molecular weight is 217 g/mol. The predicted octanol–water partition coefficient (Wildman–Crippen LogP) is 1.84. The summed E-state index contributed by atoms with van der Waals surface area (Å²) in [6.45, 7) is 1.22. The highest BCUT2D eigenvalue weighted by molar-refractivity contribution is 5.43. The summed E-state index contributed by atoms with van der Waals surface area (Å²) >= 11 is 0. The molecule has 3 N–H and O–H groups in total. The van der Waals surface area contributed by atoms with E-state index in [1.54, 1.807) is 6.92 Å². The number of hydrogen-bond acceptors (Lipinski definition) is 3. The van der Waals surface area contributed by atoms with Crippen LogP contribution < -0.4 is 10.5 Å². The van der Waals surface area contributed by atoms with Crippen LogP contribution in [-0.2, 0) is 5.92 Å². The number of benzene rings is 1. The first-order valence-electron chi connectivity index (χ1n) is 4.55. The molecule has 0 saturated carbocycles. The highest BCUT2D eigenvalue weighted by atomic mass is 19.3. The van der Waals surface area contributed by atoms with Crippen molar-refractivity contribution in [3.05, 3.63) is 23.8 Å². The maximum atomic E-state index is 13.2. The number of alkyl halides is 2. The van der Waals surface area contributed by atoms with Crippen molar-refractivity contribution >= 4 is 0 Å². The van der Waals surface area contributed by atoms with Gasteiger partial charge in [0.25, 0.3) is 5.92 Å². The number of aromatic hydroxyl groups is 1. The molecule has 0 aromatic heterocycles. The Hall–Kier alpha value is -1.36. The summed E-state index contributed by atoms with van der Waals surface area (Å²) in [5.41, 5.74) is 4.69. The molecule has 0 bridgehead atoms. The van der Waals surface area contributed by atoms with Crippen LogP contribution in [0.5, 0.6) is 11.5 Å². The smallest absolute Gasteiger partial charge is 0.285 e. The van der Waals surface area contributed by atoms with E-state index in [-0.39, 0.29) is 17.1 Å². The van der Waals surface area contributed by atoms with Crippen molar-refractivity contribution in [1.82, 2.24) is 0 Å². The van der Waals surface area contributed by atoms with E-state index < -0.39 is 12.5 Å². The summed E-state index contributed by atoms with van der Waals surface area (Å²) in [6, 6.07) is 3.40. The van der Waals surface area contributed by atoms with Crippen molar-refractivity contribution in [2.75, 3.05) is 13.2 Å². The Morgan fingerprint density at radius 2 is 2.13 bits per heavy atom. The topological polar surface area (TPSA) is 55.5 Å². The molecular formula is C10H13F2NO2. The van der Waals surface area contributed by atoms with Crippen molar-refractivity contribution in [2.24, 2.45) is 5.73 Å². The largest absolute Gasteiger partial charge is 0.504 e. The van der Waals surface area contributed by atoms with Gasteiger partial charge in [-0.05, 0) is 25.1 Å². The van der Waals surface area contributed by atoms with E-state index in [2.05, 4.69) is 0 Å². The van der Waals surface area contributed by atoms with Crippen LogP contribution in [0.4, 0.5) is 8.78 Å². The molecule has 0 amide bonds. The molecule has 0 aliphatic carbocycles. The Morgan fingerprint density at radius 1 is 1.47 bits per heavy atom. The molecule has 0 unspecified atom stereocenters. The summed E-state index contributed by atoms with van der Waals surface area (Å²) < 4.78 is 31.3. The molecule has 1 aromatic rings. The maximum Gasteiger partial charge on any atom is 0.285 e. The standard InChI is InChI=1S/C10H13F2NO2/c1-2-15-9-5-7(3-4-8(9)14)10(11,12)6-13/h3-5,14H,2,6,13H2,1H3. The van der Waals surface area contributed by atoms with Gasteiger partial charge in [-0.1, -0.05) is 0 Å². The summed E-state index contributed by atoms with van der Waals surface area (Å²) in [5, 5.41) is 9.30. The van der Waals surface area contributed by atoms with Gasteiger partial charge < -0.3 is 15.6 Å². The fraction of sp³-hybridized carbons (Fsp3) is 0.400. The van der Waals surface area contributed by atoms with Crippen LogP contribution in [0, 0.1) is 0 Å². The Kier molecular flexibility index (Phi) is 3.47. The molecule has 15 heavy (non-hydrogen) atoms. The summed E-state index contributed by atoms with van der Waals surface area (Å²) in [4.78, 5) is 0. The van der Waals surface area contributed by atoms with Gasteiger partial charge in [-0.3, -0.25) is 0 Å². The number of rotatable bonds is 4. The van der Waals surface area contributed by atoms with E-state index in [0.717, 1.165) is 12.1 Å². The Labute approximate surface area is 86.5 Å². The zero-order chi connectivity index (χ0) is 11.5. The number of nitrogens with two attached hydrogens (primary N) is 1. The first kappa shape index (κ1) is 11.7. The van der Waals surface area contributed by atoms with Gasteiger partial charge in [0, 0.05) is 5.56 Å². The third-order valence-corrected chi connectivity index (χ3v) is 1.94. The van der Waals surface area contributed by atoms with Gasteiger partial charge in [0.1, 0.15) is 0 Å². The molecule has 0 aliphatic heterocycles. The Morgan fingerprint density at radius 3 is 2.67 bits per heavy atom. The molecule has 0 aliphatic rings. The third kappa shape index (κ3) is 2.56. The van der Waals surface area contributed by atoms with E-state index in [1.165, 1.54) is 6.07 Å². The van der Waals surface area contributed by atoms with Crippen LogP contribution >= 0.6 is 0 Å². The Balaban J connectivity index is 3.07. The van der Waals surface area contributed by atoms with Gasteiger partial charge in [0.05, 0.1) is 13.2 Å². The molecule has 3 nitrogen and oxygen atoms in total. The molecule has 0 spiro atoms. The highest BCUT2D eigenvalue weighted by Gasteiger charge is 2.30. The lowest BCUT2D eigenvalue weighted by Crippen LogP contribution is -2.25. The first-order valence-corrected chi connectivity index (χ1v) is 4.55. The second kappa shape index (κ2) is 4.44. The normalized spacial score (nSPS) is 11.5. The number of halogens is 2. The number of phenols is 1. The molecule has 0 fully saturated rings. The van der Waals surface area contributed by atoms with Gasteiger partial charge >= 0.3 is 0 Å². The lowest BCUT2D eigenvalue weighted by Gasteiger charge is -2.15. The minimum atomic E-state index is -3.10. The lowest BCUT2D eigenvalue weighted by atomic mass is 10.1. The van der Waals surface area contributed by atoms with E-state index in [1.807, 2.05) is 0 Å². The van der Waals surface area contributed by atoms with Crippen molar-refractivity contribution in [3.63, 3.8) is 0 Å². The van der Waals surface area contributed by atoms with Crippen LogP contribution in [-0.4, -0.2) is 18.3 Å². The summed E-state index contributed by atoms with van der Waals surface area (Å²) in [6.07, 6.45) is 0. The van der Waals surface area contributed by atoms with E-state index >= 15 is 0 Å². The second-order valence-corrected chi connectivity index (χ2v) is 3.02. The molecule has 84 valence electrons. The van der Waals surface area contributed by atoms with Crippen LogP contribution in [0.15, 0.2) is 18.2 Å². The van der Waals surface area contributed by atoms with Crippen LogP contribution in [0.3, 0.4) is 0 Å². The molecule has 0 saturated heterocycles. The molecule has 0 heterocycles. The van der Waals surface area contributed by atoms with Crippen molar-refractivity contribution in [2.45, 2.75) is 12.8 Å². The van der Waals surface area contributed by atoms with E-state index in [4.69, 9.17) is 10.5 Å². The minimum Gasteiger partial charge on any atom is -0.504 e. The fourth-order valence-electron chi connectivity index (χ4n) is 1.13. The van der Waals surface area contributed by atoms with Gasteiger partial charge in [-0.2, -0.15) is 8.78 Å². The Bertz CT molecular complexity index is 342. The van der Waals surface area contributed by atoms with Crippen LogP contribution in [0.25, 0.3) is 0 Å². The zero-order valence-corrected chi connectivity index (χ0v) is 8.34. The van der Waals surface area contributed by atoms with Crippen LogP contribution in [0.2, 0.25) is 0 Å². The summed E-state index contributed by atoms with van der Waals surface area (Å²) in [5.74, 6) is -3.21. The maximum absolute atomic E-state index is 13.2. The molecule has 0 atom stereocenters. The van der Waals surface area contributed by atoms with Crippen LogP contribution in [0.1, 0.15) is 12.5 Å². The van der Waals surface area contributed by atoms with Crippen molar-refractivity contribution in [1.29, 1.82) is 0 Å². The first-order chi connectivity index (χ1) is 7.01. The number of hydrogen-bond donors (Lipinski definition) is 2. The second-order valence-electron chi connectivity index (χ2n) is 3.02. The van der Waals surface area contributed by atoms with Crippen molar-refractivity contribution in [3.8, 4) is 11.5 Å². The third-order valence-electron chi connectivity index (χ3n) is 1.94. The van der Waals surface area contributed by atoms with Gasteiger partial charge in [-0.25, -0.2) is 0 Å². The average Bonchev–Trinajstić information content (AvgIpc) is 2.21. The molecule has 0 radical (unpaired) electrons. The van der Waals surface area contributed by atoms with Gasteiger partial charge in [0.15, 0.2) is 11.5 Å². The SMILES string of the molecule is CCOc1cc(C(F)(F)CN)ccc1O. The highest BCUT2D eigenvalue weighted by Crippen LogP contribution is 2.34. The number of ether oxygens (including phenoxy) is 1. The van der Waals surface area contributed by atoms with E-state index in [9.17, 15) is 13.9 Å². The molecule has 5 heteroatoms. The van der Waals surface area contributed by atoms with Gasteiger partial charge in [0.2, 0.25) is 0 Å².